The molecule has 2 aromatic carbocycles. The van der Waals surface area contributed by atoms with Crippen molar-refractivity contribution in [2.45, 2.75) is 32.1 Å². The number of nitrogens with zero attached hydrogens (tertiary/aromatic N) is 2. The molecule has 0 saturated heterocycles. The van der Waals surface area contributed by atoms with Crippen LogP contribution in [0.15, 0.2) is 71.9 Å². The van der Waals surface area contributed by atoms with Crippen LogP contribution in [0.5, 0.6) is 17.4 Å². The Hall–Kier alpha value is -3.05. The number of pyridine rings is 1. The summed E-state index contributed by atoms with van der Waals surface area (Å²) >= 11 is 6.00. The highest BCUT2D eigenvalue weighted by Crippen LogP contribution is 2.32. The van der Waals surface area contributed by atoms with Crippen molar-refractivity contribution in [1.29, 1.82) is 0 Å². The maximum Gasteiger partial charge on any atom is 0.230 e. The summed E-state index contributed by atoms with van der Waals surface area (Å²) in [5.41, 5.74) is 2.06. The molecule has 0 unspecified atom stereocenters. The molecule has 4 rings (SSSR count). The Balaban J connectivity index is 1.57. The number of nitrogens with one attached hydrogen (secondary N) is 1. The first kappa shape index (κ1) is 22.2. The van der Waals surface area contributed by atoms with Crippen LogP contribution < -0.4 is 14.8 Å². The molecule has 5 nitrogen and oxygen atoms in total. The number of fused-ring (bicyclic) bond motifs is 2. The predicted molar refractivity (Wildman–Crippen MR) is 129 cm³/mol. The van der Waals surface area contributed by atoms with Crippen molar-refractivity contribution >= 4 is 17.4 Å². The second kappa shape index (κ2) is 11.5. The molecule has 0 amide bonds. The molecule has 0 radical (unpaired) electrons. The number of hydrogen-bond donors (Lipinski definition) is 1. The van der Waals surface area contributed by atoms with Gasteiger partial charge in [-0.1, -0.05) is 42.3 Å². The number of aromatic nitrogens is 1. The van der Waals surface area contributed by atoms with Crippen LogP contribution in [0.2, 0.25) is 5.02 Å². The van der Waals surface area contributed by atoms with Gasteiger partial charge in [-0.3, -0.25) is 4.99 Å². The number of amidine groups is 1. The molecular formula is C26H28ClN3O2. The van der Waals surface area contributed by atoms with E-state index in [0.29, 0.717) is 18.2 Å². The number of hydrogen-bond acceptors (Lipinski definition) is 5. The van der Waals surface area contributed by atoms with Crippen LogP contribution in [0.25, 0.3) is 0 Å². The van der Waals surface area contributed by atoms with Gasteiger partial charge >= 0.3 is 0 Å². The van der Waals surface area contributed by atoms with Gasteiger partial charge in [-0.15, -0.1) is 0 Å². The molecule has 1 aliphatic rings. The number of ether oxygens (including phenoxy) is 2. The Kier molecular flexibility index (Phi) is 7.99. The van der Waals surface area contributed by atoms with E-state index in [1.807, 2.05) is 48.5 Å². The summed E-state index contributed by atoms with van der Waals surface area (Å²) in [5, 5.41) is 4.26. The van der Waals surface area contributed by atoms with Crippen LogP contribution in [-0.4, -0.2) is 30.5 Å². The van der Waals surface area contributed by atoms with Crippen LogP contribution >= 0.6 is 11.6 Å². The highest BCUT2D eigenvalue weighted by Gasteiger charge is 2.15. The van der Waals surface area contributed by atoms with Crippen molar-refractivity contribution in [3.8, 4) is 17.4 Å². The van der Waals surface area contributed by atoms with Crippen molar-refractivity contribution in [2.75, 3.05) is 19.7 Å². The van der Waals surface area contributed by atoms with Crippen molar-refractivity contribution in [3.05, 3.63) is 83.0 Å². The molecule has 0 atom stereocenters. The van der Waals surface area contributed by atoms with Crippen LogP contribution in [0.4, 0.5) is 0 Å². The van der Waals surface area contributed by atoms with Gasteiger partial charge in [0.05, 0.1) is 12.2 Å². The third-order valence-corrected chi connectivity index (χ3v) is 5.53. The topological polar surface area (TPSA) is 55.7 Å². The van der Waals surface area contributed by atoms with Gasteiger partial charge in [0.1, 0.15) is 5.84 Å². The molecule has 1 N–H and O–H groups in total. The number of rotatable bonds is 3. The Morgan fingerprint density at radius 3 is 2.56 bits per heavy atom. The Bertz CT molecular complexity index is 1040. The first-order valence-electron chi connectivity index (χ1n) is 11.2. The Morgan fingerprint density at radius 2 is 1.69 bits per heavy atom. The molecule has 1 aromatic heterocycles. The fourth-order valence-electron chi connectivity index (χ4n) is 3.56. The molecule has 166 valence electrons. The lowest BCUT2D eigenvalue weighted by atomic mass is 10.1. The maximum atomic E-state index is 6.22. The van der Waals surface area contributed by atoms with Crippen LogP contribution in [-0.2, 0) is 6.42 Å². The van der Waals surface area contributed by atoms with Gasteiger partial charge in [0.15, 0.2) is 11.5 Å². The summed E-state index contributed by atoms with van der Waals surface area (Å²) in [6, 6.07) is 19.6. The summed E-state index contributed by atoms with van der Waals surface area (Å²) in [6.07, 6.45) is 6.90. The van der Waals surface area contributed by atoms with Gasteiger partial charge < -0.3 is 14.8 Å². The lowest BCUT2D eigenvalue weighted by Gasteiger charge is -2.16. The number of halogens is 1. The average Bonchev–Trinajstić information content (AvgIpc) is 2.82. The molecule has 0 saturated carbocycles. The van der Waals surface area contributed by atoms with E-state index < -0.39 is 0 Å². The van der Waals surface area contributed by atoms with Gasteiger partial charge in [-0.25, -0.2) is 4.98 Å². The number of benzene rings is 2. The van der Waals surface area contributed by atoms with E-state index in [2.05, 4.69) is 22.4 Å². The molecule has 1 aliphatic heterocycles. The molecule has 2 heterocycles. The van der Waals surface area contributed by atoms with E-state index in [4.69, 9.17) is 26.1 Å². The molecule has 6 heteroatoms. The lowest BCUT2D eigenvalue weighted by molar-refractivity contribution is 0.290. The van der Waals surface area contributed by atoms with E-state index in [1.165, 1.54) is 5.56 Å². The number of para-hydroxylation sites is 2. The van der Waals surface area contributed by atoms with Gasteiger partial charge in [0, 0.05) is 24.3 Å². The van der Waals surface area contributed by atoms with Gasteiger partial charge in [0.2, 0.25) is 5.88 Å². The van der Waals surface area contributed by atoms with Crippen molar-refractivity contribution in [3.63, 3.8) is 0 Å². The minimum atomic E-state index is 0.512. The smallest absolute Gasteiger partial charge is 0.230 e. The standard InChI is InChI=1S/C26H28ClN3O2/c27-21-13-11-20(12-14-21)15-18-29-25-22-8-7-17-30-26(22)32-24-10-4-3-9-23(24)31-19-6-2-1-5-16-28-25/h3-4,7-14,17H,1-2,5-6,15-16,18-19H2,(H,28,29). The second-order valence-corrected chi connectivity index (χ2v) is 8.14. The highest BCUT2D eigenvalue weighted by atomic mass is 35.5. The molecular weight excluding hydrogens is 422 g/mol. The largest absolute Gasteiger partial charge is 0.490 e. The Morgan fingerprint density at radius 1 is 0.875 bits per heavy atom. The van der Waals surface area contributed by atoms with E-state index in [-0.39, 0.29) is 0 Å². The molecule has 0 aliphatic carbocycles. The fourth-order valence-corrected chi connectivity index (χ4v) is 3.69. The van der Waals surface area contributed by atoms with Gasteiger partial charge in [0.25, 0.3) is 0 Å². The lowest BCUT2D eigenvalue weighted by Crippen LogP contribution is -2.28. The van der Waals surface area contributed by atoms with E-state index in [1.54, 1.807) is 6.20 Å². The molecule has 0 spiro atoms. The normalized spacial score (nSPS) is 14.6. The molecule has 0 fully saturated rings. The summed E-state index contributed by atoms with van der Waals surface area (Å²) in [4.78, 5) is 9.39. The minimum Gasteiger partial charge on any atom is -0.490 e. The van der Waals surface area contributed by atoms with E-state index >= 15 is 0 Å². The summed E-state index contributed by atoms with van der Waals surface area (Å²) < 4.78 is 12.2. The van der Waals surface area contributed by atoms with Crippen molar-refractivity contribution in [2.24, 2.45) is 4.99 Å². The maximum absolute atomic E-state index is 6.22. The Labute approximate surface area is 194 Å². The van der Waals surface area contributed by atoms with E-state index in [9.17, 15) is 0 Å². The zero-order chi connectivity index (χ0) is 22.0. The monoisotopic (exact) mass is 449 g/mol. The summed E-state index contributed by atoms with van der Waals surface area (Å²) in [6.45, 7) is 2.18. The summed E-state index contributed by atoms with van der Waals surface area (Å²) in [5.74, 6) is 2.70. The quantitative estimate of drug-likeness (QED) is 0.528. The average molecular weight is 450 g/mol. The molecule has 32 heavy (non-hydrogen) atoms. The van der Waals surface area contributed by atoms with E-state index in [0.717, 1.165) is 67.4 Å². The first-order chi connectivity index (χ1) is 15.8. The van der Waals surface area contributed by atoms with Gasteiger partial charge in [-0.05, 0) is 67.6 Å². The minimum absolute atomic E-state index is 0.512. The second-order valence-electron chi connectivity index (χ2n) is 7.70. The fraction of sp³-hybridized carbons (Fsp3) is 0.308. The van der Waals surface area contributed by atoms with Crippen LogP contribution in [0.3, 0.4) is 0 Å². The molecule has 0 bridgehead atoms. The predicted octanol–water partition coefficient (Wildman–Crippen LogP) is 6.06. The SMILES string of the molecule is Clc1ccc(CCNC2=NCCCCCCOc3ccccc3Oc3ncccc32)cc1. The van der Waals surface area contributed by atoms with Gasteiger partial charge in [-0.2, -0.15) is 0 Å². The van der Waals surface area contributed by atoms with Crippen LogP contribution in [0.1, 0.15) is 36.8 Å². The zero-order valence-corrected chi connectivity index (χ0v) is 18.9. The zero-order valence-electron chi connectivity index (χ0n) is 18.1. The highest BCUT2D eigenvalue weighted by molar-refractivity contribution is 6.30. The van der Waals surface area contributed by atoms with Crippen molar-refractivity contribution < 1.29 is 9.47 Å². The molecule has 3 aromatic rings. The summed E-state index contributed by atoms with van der Waals surface area (Å²) in [7, 11) is 0. The number of aliphatic imine (C=N–C) groups is 1. The third kappa shape index (κ3) is 6.24. The first-order valence-corrected chi connectivity index (χ1v) is 11.6. The van der Waals surface area contributed by atoms with Crippen molar-refractivity contribution in [1.82, 2.24) is 10.3 Å². The van der Waals surface area contributed by atoms with Crippen LogP contribution in [0, 0.1) is 0 Å². The third-order valence-electron chi connectivity index (χ3n) is 5.28.